The van der Waals surface area contributed by atoms with Gasteiger partial charge in [0.15, 0.2) is 0 Å². The van der Waals surface area contributed by atoms with Gasteiger partial charge in [0.05, 0.1) is 6.54 Å². The van der Waals surface area contributed by atoms with Crippen LogP contribution in [0.3, 0.4) is 0 Å². The maximum absolute atomic E-state index is 12.0. The van der Waals surface area contributed by atoms with E-state index in [-0.39, 0.29) is 5.91 Å². The average molecular weight is 240 g/mol. The Morgan fingerprint density at radius 1 is 1.29 bits per heavy atom. The Kier molecular flexibility index (Phi) is 4.36. The van der Waals surface area contributed by atoms with E-state index in [0.29, 0.717) is 12.6 Å². The molecular weight excluding hydrogens is 216 g/mol. The van der Waals surface area contributed by atoms with Crippen molar-refractivity contribution in [2.24, 2.45) is 0 Å². The molecule has 1 saturated carbocycles. The van der Waals surface area contributed by atoms with Crippen LogP contribution < -0.4 is 5.43 Å². The predicted octanol–water partition coefficient (Wildman–Crippen LogP) is -0.251. The fraction of sp³-hybridized carbons (Fsp3) is 0.917. The minimum Gasteiger partial charge on any atom is -0.339 e. The Morgan fingerprint density at radius 3 is 2.47 bits per heavy atom. The zero-order chi connectivity index (χ0) is 12.3. The van der Waals surface area contributed by atoms with Gasteiger partial charge in [0.1, 0.15) is 0 Å². The van der Waals surface area contributed by atoms with Crippen molar-refractivity contribution in [3.63, 3.8) is 0 Å². The zero-order valence-corrected chi connectivity index (χ0v) is 11.0. The van der Waals surface area contributed by atoms with E-state index in [1.807, 2.05) is 4.90 Å². The molecule has 0 aromatic heterocycles. The molecule has 5 nitrogen and oxygen atoms in total. The minimum absolute atomic E-state index is 0.244. The Hall–Kier alpha value is -0.650. The standard InChI is InChI=1S/C12H24N4O/c1-3-16(11-4-5-11)12(17)10-13-15-8-6-14(2)7-9-15/h11,13H,3-10H2,1-2H3. The van der Waals surface area contributed by atoms with Crippen molar-refractivity contribution >= 4 is 5.91 Å². The first-order valence-corrected chi connectivity index (χ1v) is 6.67. The van der Waals surface area contributed by atoms with Crippen molar-refractivity contribution < 1.29 is 4.79 Å². The lowest BCUT2D eigenvalue weighted by molar-refractivity contribution is -0.131. The van der Waals surface area contributed by atoms with Crippen LogP contribution in [0.4, 0.5) is 0 Å². The summed E-state index contributed by atoms with van der Waals surface area (Å²) >= 11 is 0. The summed E-state index contributed by atoms with van der Waals surface area (Å²) in [5, 5.41) is 2.17. The van der Waals surface area contributed by atoms with E-state index >= 15 is 0 Å². The van der Waals surface area contributed by atoms with Gasteiger partial charge in [-0.05, 0) is 26.8 Å². The van der Waals surface area contributed by atoms with Gasteiger partial charge in [-0.15, -0.1) is 0 Å². The van der Waals surface area contributed by atoms with Crippen molar-refractivity contribution in [3.8, 4) is 0 Å². The normalized spacial score (nSPS) is 22.7. The monoisotopic (exact) mass is 240 g/mol. The number of piperazine rings is 1. The Labute approximate surface area is 104 Å². The summed E-state index contributed by atoms with van der Waals surface area (Å²) in [6.07, 6.45) is 2.38. The highest BCUT2D eigenvalue weighted by atomic mass is 16.2. The lowest BCUT2D eigenvalue weighted by Gasteiger charge is -2.33. The molecule has 1 aliphatic carbocycles. The van der Waals surface area contributed by atoms with Gasteiger partial charge in [-0.1, -0.05) is 0 Å². The van der Waals surface area contributed by atoms with E-state index in [1.54, 1.807) is 0 Å². The van der Waals surface area contributed by atoms with Gasteiger partial charge in [0, 0.05) is 38.8 Å². The summed E-state index contributed by atoms with van der Waals surface area (Å²) in [6.45, 7) is 7.50. The van der Waals surface area contributed by atoms with Gasteiger partial charge in [-0.25, -0.2) is 10.4 Å². The van der Waals surface area contributed by atoms with Crippen molar-refractivity contribution in [3.05, 3.63) is 0 Å². The topological polar surface area (TPSA) is 38.8 Å². The second kappa shape index (κ2) is 5.80. The maximum atomic E-state index is 12.0. The highest BCUT2D eigenvalue weighted by molar-refractivity contribution is 5.78. The van der Waals surface area contributed by atoms with Crippen molar-refractivity contribution in [1.82, 2.24) is 20.2 Å². The molecule has 5 heteroatoms. The molecule has 0 radical (unpaired) electrons. The van der Waals surface area contributed by atoms with Crippen LogP contribution in [0, 0.1) is 0 Å². The van der Waals surface area contributed by atoms with Gasteiger partial charge >= 0.3 is 0 Å². The first-order valence-electron chi connectivity index (χ1n) is 6.67. The molecular formula is C12H24N4O. The maximum Gasteiger partial charge on any atom is 0.238 e. The molecule has 0 aromatic rings. The first kappa shape index (κ1) is 12.8. The number of amides is 1. The fourth-order valence-corrected chi connectivity index (χ4v) is 2.27. The molecule has 1 heterocycles. The molecule has 1 saturated heterocycles. The van der Waals surface area contributed by atoms with Gasteiger partial charge in [0.2, 0.25) is 5.91 Å². The van der Waals surface area contributed by atoms with Crippen LogP contribution in [0.5, 0.6) is 0 Å². The molecule has 98 valence electrons. The third kappa shape index (κ3) is 3.66. The van der Waals surface area contributed by atoms with Crippen molar-refractivity contribution in [1.29, 1.82) is 0 Å². The van der Waals surface area contributed by atoms with Crippen LogP contribution in [0.25, 0.3) is 0 Å². The van der Waals surface area contributed by atoms with Crippen LogP contribution in [0.2, 0.25) is 0 Å². The number of carbonyl (C=O) groups excluding carboxylic acids is 1. The molecule has 2 rings (SSSR count). The number of carbonyl (C=O) groups is 1. The summed E-state index contributed by atoms with van der Waals surface area (Å²) in [6, 6.07) is 0.529. The molecule has 0 unspecified atom stereocenters. The van der Waals surface area contributed by atoms with Crippen LogP contribution in [-0.2, 0) is 4.79 Å². The molecule has 1 N–H and O–H groups in total. The highest BCUT2D eigenvalue weighted by Gasteiger charge is 2.31. The molecule has 0 bridgehead atoms. The predicted molar refractivity (Wildman–Crippen MR) is 67.5 cm³/mol. The quantitative estimate of drug-likeness (QED) is 0.719. The van der Waals surface area contributed by atoms with Crippen molar-refractivity contribution in [2.75, 3.05) is 46.3 Å². The SMILES string of the molecule is CCN(C(=O)CNN1CCN(C)CC1)C1CC1. The molecule has 2 aliphatic rings. The molecule has 1 amide bonds. The number of rotatable bonds is 5. The van der Waals surface area contributed by atoms with Crippen LogP contribution in [-0.4, -0.2) is 73.1 Å². The first-order chi connectivity index (χ1) is 8.20. The molecule has 1 aliphatic heterocycles. The lowest BCUT2D eigenvalue weighted by Crippen LogP contribution is -2.53. The summed E-state index contributed by atoms with van der Waals surface area (Å²) in [7, 11) is 2.13. The summed E-state index contributed by atoms with van der Waals surface area (Å²) < 4.78 is 0. The van der Waals surface area contributed by atoms with E-state index in [4.69, 9.17) is 0 Å². The third-order valence-electron chi connectivity index (χ3n) is 3.61. The molecule has 0 atom stereocenters. The van der Waals surface area contributed by atoms with Crippen LogP contribution >= 0.6 is 0 Å². The molecule has 17 heavy (non-hydrogen) atoms. The van der Waals surface area contributed by atoms with E-state index in [2.05, 4.69) is 29.3 Å². The Bertz CT molecular complexity index is 259. The number of hydrazine groups is 1. The number of hydrogen-bond donors (Lipinski definition) is 1. The minimum atomic E-state index is 0.244. The van der Waals surface area contributed by atoms with Crippen LogP contribution in [0.15, 0.2) is 0 Å². The largest absolute Gasteiger partial charge is 0.339 e. The smallest absolute Gasteiger partial charge is 0.238 e. The third-order valence-corrected chi connectivity index (χ3v) is 3.61. The van der Waals surface area contributed by atoms with Gasteiger partial charge in [-0.3, -0.25) is 4.79 Å². The van der Waals surface area contributed by atoms with Gasteiger partial charge < -0.3 is 9.80 Å². The van der Waals surface area contributed by atoms with Gasteiger partial charge in [-0.2, -0.15) is 0 Å². The second-order valence-electron chi connectivity index (χ2n) is 5.04. The van der Waals surface area contributed by atoms with E-state index in [0.717, 1.165) is 32.7 Å². The van der Waals surface area contributed by atoms with E-state index in [9.17, 15) is 4.79 Å². The number of nitrogens with zero attached hydrogens (tertiary/aromatic N) is 3. The summed E-state index contributed by atoms with van der Waals surface area (Å²) in [5.41, 5.74) is 3.25. The molecule has 0 spiro atoms. The fourth-order valence-electron chi connectivity index (χ4n) is 2.27. The van der Waals surface area contributed by atoms with Gasteiger partial charge in [0.25, 0.3) is 0 Å². The second-order valence-corrected chi connectivity index (χ2v) is 5.04. The van der Waals surface area contributed by atoms with E-state index in [1.165, 1.54) is 12.8 Å². The Morgan fingerprint density at radius 2 is 1.94 bits per heavy atom. The van der Waals surface area contributed by atoms with Crippen LogP contribution in [0.1, 0.15) is 19.8 Å². The highest BCUT2D eigenvalue weighted by Crippen LogP contribution is 2.26. The molecule has 0 aromatic carbocycles. The summed E-state index contributed by atoms with van der Waals surface area (Å²) in [4.78, 5) is 16.3. The van der Waals surface area contributed by atoms with E-state index < -0.39 is 0 Å². The number of nitrogens with one attached hydrogen (secondary N) is 1. The lowest BCUT2D eigenvalue weighted by atomic mass is 10.4. The summed E-state index contributed by atoms with van der Waals surface area (Å²) in [5.74, 6) is 0.244. The zero-order valence-electron chi connectivity index (χ0n) is 11.0. The average Bonchev–Trinajstić information content (AvgIpc) is 3.14. The number of likely N-dealkylation sites (N-methyl/N-ethyl adjacent to an activating group) is 2. The van der Waals surface area contributed by atoms with Crippen molar-refractivity contribution in [2.45, 2.75) is 25.8 Å². The Balaban J connectivity index is 1.68. The number of hydrogen-bond acceptors (Lipinski definition) is 4. The molecule has 2 fully saturated rings.